The third-order valence-electron chi connectivity index (χ3n) is 3.92. The highest BCUT2D eigenvalue weighted by Gasteiger charge is 2.17. The summed E-state index contributed by atoms with van der Waals surface area (Å²) >= 11 is 5.03. The van der Waals surface area contributed by atoms with Gasteiger partial charge in [0, 0.05) is 5.56 Å². The van der Waals surface area contributed by atoms with Gasteiger partial charge in [-0.05, 0) is 42.9 Å². The lowest BCUT2D eigenvalue weighted by Gasteiger charge is -2.15. The molecule has 0 saturated heterocycles. The molecule has 160 valence electrons. The summed E-state index contributed by atoms with van der Waals surface area (Å²) in [7, 11) is 4.35. The number of hydrazine groups is 1. The van der Waals surface area contributed by atoms with Gasteiger partial charge in [0.05, 0.1) is 21.3 Å². The Morgan fingerprint density at radius 3 is 2.13 bits per heavy atom. The molecule has 0 aliphatic heterocycles. The van der Waals surface area contributed by atoms with Crippen molar-refractivity contribution in [2.45, 2.75) is 6.92 Å². The molecule has 9 nitrogen and oxygen atoms in total. The van der Waals surface area contributed by atoms with Gasteiger partial charge < -0.3 is 18.9 Å². The van der Waals surface area contributed by atoms with Crippen LogP contribution in [0.4, 0.5) is 0 Å². The average Bonchev–Trinajstić information content (AvgIpc) is 2.75. The third-order valence-corrected chi connectivity index (χ3v) is 4.13. The molecule has 0 aromatic heterocycles. The quantitative estimate of drug-likeness (QED) is 0.448. The highest BCUT2D eigenvalue weighted by Crippen LogP contribution is 2.38. The summed E-state index contributed by atoms with van der Waals surface area (Å²) in [6.45, 7) is 1.65. The van der Waals surface area contributed by atoms with Crippen molar-refractivity contribution in [3.05, 3.63) is 47.5 Å². The van der Waals surface area contributed by atoms with Crippen LogP contribution in [0.1, 0.15) is 15.9 Å². The fourth-order valence-electron chi connectivity index (χ4n) is 2.44. The van der Waals surface area contributed by atoms with Crippen LogP contribution in [-0.2, 0) is 4.79 Å². The van der Waals surface area contributed by atoms with Crippen LogP contribution in [0.2, 0.25) is 0 Å². The first-order chi connectivity index (χ1) is 14.4. The summed E-state index contributed by atoms with van der Waals surface area (Å²) in [6, 6.07) is 10.3. The van der Waals surface area contributed by atoms with Gasteiger partial charge in [0.1, 0.15) is 5.75 Å². The van der Waals surface area contributed by atoms with Crippen LogP contribution in [0.15, 0.2) is 36.4 Å². The maximum absolute atomic E-state index is 12.5. The molecule has 0 atom stereocenters. The monoisotopic (exact) mass is 433 g/mol. The molecule has 0 aliphatic rings. The number of ether oxygens (including phenoxy) is 4. The number of benzene rings is 2. The summed E-state index contributed by atoms with van der Waals surface area (Å²) in [5.74, 6) is 0.606. The second-order valence-electron chi connectivity index (χ2n) is 5.92. The number of aryl methyl sites for hydroxylation is 1. The zero-order chi connectivity index (χ0) is 22.1. The highest BCUT2D eigenvalue weighted by atomic mass is 32.1. The number of hydrogen-bond acceptors (Lipinski definition) is 7. The van der Waals surface area contributed by atoms with Crippen molar-refractivity contribution < 1.29 is 28.5 Å². The van der Waals surface area contributed by atoms with Gasteiger partial charge in [0.2, 0.25) is 5.75 Å². The van der Waals surface area contributed by atoms with Crippen LogP contribution in [0.25, 0.3) is 0 Å². The Balaban J connectivity index is 1.89. The Kier molecular flexibility index (Phi) is 8.24. The van der Waals surface area contributed by atoms with Crippen LogP contribution in [0.5, 0.6) is 23.0 Å². The minimum atomic E-state index is -0.530. The van der Waals surface area contributed by atoms with Crippen molar-refractivity contribution in [2.24, 2.45) is 0 Å². The predicted octanol–water partition coefficient (Wildman–Crippen LogP) is 1.74. The number of nitrogens with one attached hydrogen (secondary N) is 3. The Hall–Kier alpha value is -3.53. The van der Waals surface area contributed by atoms with Gasteiger partial charge >= 0.3 is 0 Å². The van der Waals surface area contributed by atoms with Crippen LogP contribution < -0.4 is 35.1 Å². The van der Waals surface area contributed by atoms with E-state index in [-0.39, 0.29) is 17.3 Å². The standard InChI is InChI=1S/C20H23N3O6S/c1-12-7-5-6-8-14(12)29-11-17(24)22-23-20(30)21-19(25)13-9-15(26-2)18(28-4)16(10-13)27-3/h5-10H,11H2,1-4H3,(H,22,24)(H2,21,23,25,30). The van der Waals surface area contributed by atoms with E-state index in [1.54, 1.807) is 6.07 Å². The van der Waals surface area contributed by atoms with Crippen molar-refractivity contribution in [3.63, 3.8) is 0 Å². The van der Waals surface area contributed by atoms with E-state index in [0.29, 0.717) is 23.0 Å². The summed E-state index contributed by atoms with van der Waals surface area (Å²) in [5.41, 5.74) is 5.93. The molecule has 0 saturated carbocycles. The molecule has 0 spiro atoms. The van der Waals surface area contributed by atoms with E-state index in [1.165, 1.54) is 33.5 Å². The van der Waals surface area contributed by atoms with Crippen molar-refractivity contribution in [3.8, 4) is 23.0 Å². The molecule has 0 unspecified atom stereocenters. The molecule has 2 amide bonds. The van der Waals surface area contributed by atoms with E-state index in [0.717, 1.165) is 5.56 Å². The minimum Gasteiger partial charge on any atom is -0.493 e. The maximum Gasteiger partial charge on any atom is 0.276 e. The van der Waals surface area contributed by atoms with E-state index in [4.69, 9.17) is 31.2 Å². The molecule has 0 heterocycles. The number of thiocarbonyl (C=S) groups is 1. The fourth-order valence-corrected chi connectivity index (χ4v) is 2.59. The van der Waals surface area contributed by atoms with Crippen LogP contribution in [0, 0.1) is 6.92 Å². The van der Waals surface area contributed by atoms with Gasteiger partial charge in [-0.25, -0.2) is 0 Å². The first kappa shape index (κ1) is 22.8. The molecule has 30 heavy (non-hydrogen) atoms. The lowest BCUT2D eigenvalue weighted by atomic mass is 10.1. The van der Waals surface area contributed by atoms with Gasteiger partial charge in [-0.3, -0.25) is 25.8 Å². The predicted molar refractivity (Wildman–Crippen MR) is 114 cm³/mol. The summed E-state index contributed by atoms with van der Waals surface area (Å²) in [5, 5.41) is 2.35. The summed E-state index contributed by atoms with van der Waals surface area (Å²) in [4.78, 5) is 24.4. The number of amides is 2. The molecular weight excluding hydrogens is 410 g/mol. The Morgan fingerprint density at radius 2 is 1.57 bits per heavy atom. The number of hydrogen-bond donors (Lipinski definition) is 3. The lowest BCUT2D eigenvalue weighted by Crippen LogP contribution is -2.49. The Morgan fingerprint density at radius 1 is 0.933 bits per heavy atom. The first-order valence-electron chi connectivity index (χ1n) is 8.78. The first-order valence-corrected chi connectivity index (χ1v) is 9.19. The zero-order valence-corrected chi connectivity index (χ0v) is 17.8. The van der Waals surface area contributed by atoms with E-state index < -0.39 is 11.8 Å². The molecule has 0 fully saturated rings. The van der Waals surface area contributed by atoms with E-state index in [1.807, 2.05) is 25.1 Å². The zero-order valence-electron chi connectivity index (χ0n) is 17.0. The van der Waals surface area contributed by atoms with Gasteiger partial charge in [-0.15, -0.1) is 0 Å². The number of carbonyl (C=O) groups is 2. The molecule has 2 rings (SSSR count). The van der Waals surface area contributed by atoms with Crippen LogP contribution in [0.3, 0.4) is 0 Å². The molecule has 0 aliphatic carbocycles. The molecule has 2 aromatic carbocycles. The number of carbonyl (C=O) groups excluding carboxylic acids is 2. The van der Waals surface area contributed by atoms with Gasteiger partial charge in [0.15, 0.2) is 23.2 Å². The Bertz CT molecular complexity index is 910. The smallest absolute Gasteiger partial charge is 0.276 e. The van der Waals surface area contributed by atoms with Crippen LogP contribution in [-0.4, -0.2) is 44.9 Å². The molecule has 10 heteroatoms. The van der Waals surface area contributed by atoms with Gasteiger partial charge in [-0.1, -0.05) is 18.2 Å². The summed E-state index contributed by atoms with van der Waals surface area (Å²) < 4.78 is 21.1. The maximum atomic E-state index is 12.5. The third kappa shape index (κ3) is 5.98. The number of para-hydroxylation sites is 1. The second-order valence-corrected chi connectivity index (χ2v) is 6.33. The SMILES string of the molecule is COc1cc(C(=O)NC(=S)NNC(=O)COc2ccccc2C)cc(OC)c1OC. The van der Waals surface area contributed by atoms with Crippen molar-refractivity contribution in [2.75, 3.05) is 27.9 Å². The normalized spacial score (nSPS) is 9.87. The van der Waals surface area contributed by atoms with Gasteiger partial charge in [-0.2, -0.15) is 0 Å². The number of rotatable bonds is 7. The molecule has 3 N–H and O–H groups in total. The second kappa shape index (κ2) is 10.9. The van der Waals surface area contributed by atoms with E-state index >= 15 is 0 Å². The minimum absolute atomic E-state index is 0.0991. The highest BCUT2D eigenvalue weighted by molar-refractivity contribution is 7.80. The fraction of sp³-hybridized carbons (Fsp3) is 0.250. The topological polar surface area (TPSA) is 107 Å². The van der Waals surface area contributed by atoms with Crippen molar-refractivity contribution in [1.82, 2.24) is 16.2 Å². The Labute approximate surface area is 179 Å². The van der Waals surface area contributed by atoms with E-state index in [2.05, 4.69) is 16.2 Å². The molecule has 0 radical (unpaired) electrons. The largest absolute Gasteiger partial charge is 0.493 e. The van der Waals surface area contributed by atoms with Gasteiger partial charge in [0.25, 0.3) is 11.8 Å². The van der Waals surface area contributed by atoms with Crippen molar-refractivity contribution in [1.29, 1.82) is 0 Å². The molecule has 0 bridgehead atoms. The average molecular weight is 433 g/mol. The number of methoxy groups -OCH3 is 3. The van der Waals surface area contributed by atoms with Crippen molar-refractivity contribution >= 4 is 29.1 Å². The lowest BCUT2D eigenvalue weighted by molar-refractivity contribution is -0.123. The molecular formula is C20H23N3O6S. The van der Waals surface area contributed by atoms with E-state index in [9.17, 15) is 9.59 Å². The van der Waals surface area contributed by atoms with Crippen LogP contribution >= 0.6 is 12.2 Å². The summed E-state index contributed by atoms with van der Waals surface area (Å²) in [6.07, 6.45) is 0. The molecule has 2 aromatic rings.